The van der Waals surface area contributed by atoms with Gasteiger partial charge in [-0.1, -0.05) is 11.2 Å². The zero-order valence-corrected chi connectivity index (χ0v) is 14.7. The van der Waals surface area contributed by atoms with E-state index in [0.717, 1.165) is 18.0 Å². The summed E-state index contributed by atoms with van der Waals surface area (Å²) in [5.74, 6) is 1.38. The number of hydrogen-bond donors (Lipinski definition) is 0. The van der Waals surface area contributed by atoms with Gasteiger partial charge in [0.25, 0.3) is 0 Å². The van der Waals surface area contributed by atoms with E-state index in [2.05, 4.69) is 40.2 Å². The topological polar surface area (TPSA) is 60.0 Å². The first-order valence-corrected chi connectivity index (χ1v) is 9.21. The number of nitrogens with zero attached hydrogens (tertiary/aromatic N) is 5. The van der Waals surface area contributed by atoms with Crippen LogP contribution in [0.25, 0.3) is 10.7 Å². The van der Waals surface area contributed by atoms with Crippen LogP contribution in [0.1, 0.15) is 37.3 Å². The van der Waals surface area contributed by atoms with Gasteiger partial charge < -0.3 is 4.52 Å². The van der Waals surface area contributed by atoms with E-state index in [1.165, 1.54) is 18.4 Å². The highest BCUT2D eigenvalue weighted by Gasteiger charge is 2.32. The molecule has 0 aromatic carbocycles. The van der Waals surface area contributed by atoms with E-state index in [0.29, 0.717) is 17.8 Å². The lowest BCUT2D eigenvalue weighted by Crippen LogP contribution is -2.35. The molecule has 6 nitrogen and oxygen atoms in total. The van der Waals surface area contributed by atoms with Gasteiger partial charge >= 0.3 is 0 Å². The Morgan fingerprint density at radius 1 is 1.46 bits per heavy atom. The molecule has 1 fully saturated rings. The average molecular weight is 343 g/mol. The Balaban J connectivity index is 1.49. The van der Waals surface area contributed by atoms with Crippen molar-refractivity contribution in [1.82, 2.24) is 24.8 Å². The van der Waals surface area contributed by atoms with E-state index in [1.54, 1.807) is 11.3 Å². The molecule has 0 amide bonds. The minimum atomic E-state index is 0.121. The summed E-state index contributed by atoms with van der Waals surface area (Å²) < 4.78 is 7.58. The number of aromatic nitrogens is 4. The van der Waals surface area contributed by atoms with Crippen molar-refractivity contribution in [2.45, 2.75) is 45.3 Å². The van der Waals surface area contributed by atoms with Crippen molar-refractivity contribution >= 4 is 11.3 Å². The van der Waals surface area contributed by atoms with Crippen LogP contribution in [-0.2, 0) is 6.54 Å². The van der Waals surface area contributed by atoms with Crippen molar-refractivity contribution in [3.63, 3.8) is 0 Å². The fourth-order valence-electron chi connectivity index (χ4n) is 3.40. The van der Waals surface area contributed by atoms with Gasteiger partial charge in [0, 0.05) is 12.2 Å². The van der Waals surface area contributed by atoms with Crippen molar-refractivity contribution in [1.29, 1.82) is 0 Å². The number of rotatable bonds is 5. The lowest BCUT2D eigenvalue weighted by molar-refractivity contribution is 0.144. The highest BCUT2D eigenvalue weighted by Crippen LogP contribution is 2.31. The van der Waals surface area contributed by atoms with Gasteiger partial charge in [0.05, 0.1) is 23.7 Å². The smallest absolute Gasteiger partial charge is 0.244 e. The van der Waals surface area contributed by atoms with Crippen molar-refractivity contribution < 1.29 is 4.52 Å². The van der Waals surface area contributed by atoms with E-state index in [-0.39, 0.29) is 6.04 Å². The molecule has 2 atom stereocenters. The maximum absolute atomic E-state index is 5.55. The van der Waals surface area contributed by atoms with Gasteiger partial charge in [-0.2, -0.15) is 10.1 Å². The Hall–Kier alpha value is -1.99. The lowest BCUT2D eigenvalue weighted by atomic mass is 10.2. The van der Waals surface area contributed by atoms with Crippen LogP contribution in [0.2, 0.25) is 0 Å². The molecule has 126 valence electrons. The van der Waals surface area contributed by atoms with Crippen molar-refractivity contribution in [2.24, 2.45) is 0 Å². The van der Waals surface area contributed by atoms with Crippen LogP contribution in [0, 0.1) is 6.92 Å². The van der Waals surface area contributed by atoms with Crippen molar-refractivity contribution in [2.75, 3.05) is 6.54 Å². The van der Waals surface area contributed by atoms with Crippen LogP contribution in [0.3, 0.4) is 0 Å². The predicted octanol–water partition coefficient (Wildman–Crippen LogP) is 3.53. The molecule has 1 saturated heterocycles. The second-order valence-corrected chi connectivity index (χ2v) is 7.33. The van der Waals surface area contributed by atoms with E-state index in [1.807, 2.05) is 28.4 Å². The monoisotopic (exact) mass is 343 g/mol. The SMILES string of the molecule is Cc1cnn(C[C@@H]2CCCN2[C@@H](C)c2nc(-c3cccs3)no2)c1. The van der Waals surface area contributed by atoms with Gasteiger partial charge in [-0.25, -0.2) is 0 Å². The molecule has 0 spiro atoms. The molecular weight excluding hydrogens is 322 g/mol. The number of aryl methyl sites for hydroxylation is 1. The zero-order valence-electron chi connectivity index (χ0n) is 13.9. The molecule has 0 unspecified atom stereocenters. The van der Waals surface area contributed by atoms with Crippen molar-refractivity contribution in [3.05, 3.63) is 41.4 Å². The fourth-order valence-corrected chi connectivity index (χ4v) is 4.05. The molecule has 0 saturated carbocycles. The lowest BCUT2D eigenvalue weighted by Gasteiger charge is -2.28. The van der Waals surface area contributed by atoms with Crippen LogP contribution in [0.15, 0.2) is 34.4 Å². The summed E-state index contributed by atoms with van der Waals surface area (Å²) in [6, 6.07) is 4.59. The first kappa shape index (κ1) is 15.5. The summed E-state index contributed by atoms with van der Waals surface area (Å²) in [6.45, 7) is 6.19. The van der Waals surface area contributed by atoms with E-state index >= 15 is 0 Å². The summed E-state index contributed by atoms with van der Waals surface area (Å²) in [5.41, 5.74) is 1.20. The minimum absolute atomic E-state index is 0.121. The van der Waals surface area contributed by atoms with Crippen LogP contribution >= 0.6 is 11.3 Å². The Morgan fingerprint density at radius 2 is 2.38 bits per heavy atom. The van der Waals surface area contributed by atoms with Crippen LogP contribution in [0.5, 0.6) is 0 Å². The maximum atomic E-state index is 5.55. The second-order valence-electron chi connectivity index (χ2n) is 6.38. The Kier molecular flexibility index (Phi) is 4.20. The minimum Gasteiger partial charge on any atom is -0.337 e. The van der Waals surface area contributed by atoms with E-state index in [9.17, 15) is 0 Å². The standard InChI is InChI=1S/C17H21N5OS/c1-12-9-18-21(10-12)11-14-5-3-7-22(14)13(2)17-19-16(20-23-17)15-6-4-8-24-15/h4,6,8-10,13-14H,3,5,7,11H2,1-2H3/t13-,14-/m0/s1. The number of hydrogen-bond acceptors (Lipinski definition) is 6. The molecule has 0 aliphatic carbocycles. The number of thiophene rings is 1. The average Bonchev–Trinajstić information content (AvgIpc) is 3.35. The zero-order chi connectivity index (χ0) is 16.5. The van der Waals surface area contributed by atoms with Gasteiger partial charge in [-0.15, -0.1) is 11.3 Å². The van der Waals surface area contributed by atoms with Gasteiger partial charge in [-0.3, -0.25) is 9.58 Å². The Morgan fingerprint density at radius 3 is 3.12 bits per heavy atom. The fraction of sp³-hybridized carbons (Fsp3) is 0.471. The largest absolute Gasteiger partial charge is 0.337 e. The van der Waals surface area contributed by atoms with Gasteiger partial charge in [-0.05, 0) is 50.2 Å². The van der Waals surface area contributed by atoms with Crippen LogP contribution in [-0.4, -0.2) is 37.4 Å². The summed E-state index contributed by atoms with van der Waals surface area (Å²) in [6.07, 6.45) is 6.38. The quantitative estimate of drug-likeness (QED) is 0.709. The first-order chi connectivity index (χ1) is 11.7. The molecular formula is C17H21N5OS. The molecule has 0 N–H and O–H groups in total. The Bertz CT molecular complexity index is 794. The second kappa shape index (κ2) is 6.49. The first-order valence-electron chi connectivity index (χ1n) is 8.33. The van der Waals surface area contributed by atoms with Crippen LogP contribution in [0.4, 0.5) is 0 Å². The summed E-state index contributed by atoms with van der Waals surface area (Å²) >= 11 is 1.63. The van der Waals surface area contributed by atoms with Gasteiger partial charge in [0.2, 0.25) is 11.7 Å². The molecule has 1 aliphatic heterocycles. The van der Waals surface area contributed by atoms with Gasteiger partial charge in [0.15, 0.2) is 0 Å². The predicted molar refractivity (Wildman–Crippen MR) is 92.7 cm³/mol. The number of likely N-dealkylation sites (tertiary alicyclic amines) is 1. The van der Waals surface area contributed by atoms with Crippen molar-refractivity contribution in [3.8, 4) is 10.7 Å². The molecule has 3 aromatic heterocycles. The van der Waals surface area contributed by atoms with Gasteiger partial charge in [0.1, 0.15) is 0 Å². The normalized spacial score (nSPS) is 19.8. The molecule has 4 rings (SSSR count). The Labute approximate surface area is 145 Å². The maximum Gasteiger partial charge on any atom is 0.244 e. The third-order valence-corrected chi connectivity index (χ3v) is 5.49. The molecule has 1 aliphatic rings. The molecule has 4 heterocycles. The third-order valence-electron chi connectivity index (χ3n) is 4.62. The van der Waals surface area contributed by atoms with Crippen LogP contribution < -0.4 is 0 Å². The summed E-state index contributed by atoms with van der Waals surface area (Å²) in [5, 5.41) is 10.6. The van der Waals surface area contributed by atoms with E-state index in [4.69, 9.17) is 4.52 Å². The highest BCUT2D eigenvalue weighted by molar-refractivity contribution is 7.13. The highest BCUT2D eigenvalue weighted by atomic mass is 32.1. The molecule has 3 aromatic rings. The third kappa shape index (κ3) is 3.01. The molecule has 7 heteroatoms. The summed E-state index contributed by atoms with van der Waals surface area (Å²) in [7, 11) is 0. The molecule has 0 radical (unpaired) electrons. The summed E-state index contributed by atoms with van der Waals surface area (Å²) in [4.78, 5) is 8.12. The molecule has 24 heavy (non-hydrogen) atoms. The molecule has 0 bridgehead atoms. The van der Waals surface area contributed by atoms with E-state index < -0.39 is 0 Å².